The summed E-state index contributed by atoms with van der Waals surface area (Å²) in [5.74, 6) is 1.27. The molecule has 72 valence electrons. The highest BCUT2D eigenvalue weighted by Crippen LogP contribution is 2.47. The molecule has 2 nitrogen and oxygen atoms in total. The van der Waals surface area contributed by atoms with E-state index in [2.05, 4.69) is 0 Å². The third-order valence-electron chi connectivity index (χ3n) is 3.86. The van der Waals surface area contributed by atoms with Gasteiger partial charge in [0.05, 0.1) is 0 Å². The zero-order chi connectivity index (χ0) is 9.26. The zero-order valence-electron chi connectivity index (χ0n) is 7.82. The van der Waals surface area contributed by atoms with Gasteiger partial charge in [0.2, 0.25) is 0 Å². The fourth-order valence-electron chi connectivity index (χ4n) is 3.21. The zero-order valence-corrected chi connectivity index (χ0v) is 7.82. The number of aldehydes is 2. The van der Waals surface area contributed by atoms with Crippen molar-refractivity contribution in [2.75, 3.05) is 0 Å². The van der Waals surface area contributed by atoms with Crippen LogP contribution in [-0.2, 0) is 9.59 Å². The normalized spacial score (nSPS) is 44.0. The average Bonchev–Trinajstić information content (AvgIpc) is 2.55. The molecular formula is C11H16O2. The highest BCUT2D eigenvalue weighted by atomic mass is 16.1. The quantitative estimate of drug-likeness (QED) is 0.607. The van der Waals surface area contributed by atoms with Crippen LogP contribution in [0.1, 0.15) is 32.1 Å². The minimum atomic E-state index is 0.0330. The second kappa shape index (κ2) is 3.60. The van der Waals surface area contributed by atoms with Crippen LogP contribution in [0, 0.1) is 23.7 Å². The van der Waals surface area contributed by atoms with Crippen molar-refractivity contribution < 1.29 is 9.59 Å². The number of rotatable bonds is 2. The summed E-state index contributed by atoms with van der Waals surface area (Å²) in [6.07, 6.45) is 7.93. The van der Waals surface area contributed by atoms with Crippen LogP contribution in [0.15, 0.2) is 0 Å². The fraction of sp³-hybridized carbons (Fsp3) is 0.818. The van der Waals surface area contributed by atoms with Crippen molar-refractivity contribution in [1.29, 1.82) is 0 Å². The Kier molecular flexibility index (Phi) is 2.47. The summed E-state index contributed by atoms with van der Waals surface area (Å²) < 4.78 is 0. The molecule has 0 aliphatic heterocycles. The lowest BCUT2D eigenvalue weighted by molar-refractivity contribution is -0.119. The Morgan fingerprint density at radius 1 is 1.00 bits per heavy atom. The van der Waals surface area contributed by atoms with Gasteiger partial charge in [-0.05, 0) is 24.7 Å². The van der Waals surface area contributed by atoms with Crippen LogP contribution in [0.5, 0.6) is 0 Å². The highest BCUT2D eigenvalue weighted by molar-refractivity contribution is 5.66. The molecule has 0 saturated heterocycles. The second-order valence-corrected chi connectivity index (χ2v) is 4.46. The summed E-state index contributed by atoms with van der Waals surface area (Å²) in [6.45, 7) is 0. The van der Waals surface area contributed by atoms with Crippen LogP contribution >= 0.6 is 0 Å². The van der Waals surface area contributed by atoms with E-state index < -0.39 is 0 Å². The second-order valence-electron chi connectivity index (χ2n) is 4.46. The van der Waals surface area contributed by atoms with E-state index in [1.54, 1.807) is 0 Å². The number of hydrogen-bond acceptors (Lipinski definition) is 2. The lowest BCUT2D eigenvalue weighted by Crippen LogP contribution is -2.22. The first-order valence-electron chi connectivity index (χ1n) is 5.27. The Morgan fingerprint density at radius 3 is 2.46 bits per heavy atom. The van der Waals surface area contributed by atoms with Gasteiger partial charge in [-0.3, -0.25) is 0 Å². The maximum Gasteiger partial charge on any atom is 0.124 e. The van der Waals surface area contributed by atoms with Crippen LogP contribution in [0.4, 0.5) is 0 Å². The van der Waals surface area contributed by atoms with Crippen molar-refractivity contribution in [3.63, 3.8) is 0 Å². The van der Waals surface area contributed by atoms with Crippen molar-refractivity contribution in [3.8, 4) is 0 Å². The molecule has 2 heteroatoms. The van der Waals surface area contributed by atoms with E-state index in [0.717, 1.165) is 19.0 Å². The van der Waals surface area contributed by atoms with E-state index in [9.17, 15) is 9.59 Å². The van der Waals surface area contributed by atoms with Crippen LogP contribution in [0.2, 0.25) is 0 Å². The van der Waals surface area contributed by atoms with E-state index in [-0.39, 0.29) is 11.8 Å². The van der Waals surface area contributed by atoms with Crippen molar-refractivity contribution in [1.82, 2.24) is 0 Å². The van der Waals surface area contributed by atoms with Crippen LogP contribution in [0.25, 0.3) is 0 Å². The largest absolute Gasteiger partial charge is 0.303 e. The molecule has 4 unspecified atom stereocenters. The van der Waals surface area contributed by atoms with Crippen molar-refractivity contribution in [2.24, 2.45) is 23.7 Å². The van der Waals surface area contributed by atoms with E-state index in [1.165, 1.54) is 25.7 Å². The fourth-order valence-corrected chi connectivity index (χ4v) is 3.21. The number of hydrogen-bond donors (Lipinski definition) is 0. The molecule has 2 aliphatic carbocycles. The van der Waals surface area contributed by atoms with Gasteiger partial charge in [0.15, 0.2) is 0 Å². The lowest BCUT2D eigenvalue weighted by atomic mass is 9.78. The molecular weight excluding hydrogens is 164 g/mol. The Balaban J connectivity index is 2.13. The van der Waals surface area contributed by atoms with Crippen molar-refractivity contribution in [2.45, 2.75) is 32.1 Å². The van der Waals surface area contributed by atoms with E-state index in [4.69, 9.17) is 0 Å². The smallest absolute Gasteiger partial charge is 0.124 e. The molecule has 13 heavy (non-hydrogen) atoms. The van der Waals surface area contributed by atoms with Gasteiger partial charge >= 0.3 is 0 Å². The first-order chi connectivity index (χ1) is 6.36. The van der Waals surface area contributed by atoms with Gasteiger partial charge in [-0.2, -0.15) is 0 Å². The molecule has 0 bridgehead atoms. The Labute approximate surface area is 78.7 Å². The molecule has 0 spiro atoms. The first-order valence-corrected chi connectivity index (χ1v) is 5.27. The summed E-state index contributed by atoms with van der Waals surface area (Å²) in [5, 5.41) is 0. The third kappa shape index (κ3) is 1.43. The summed E-state index contributed by atoms with van der Waals surface area (Å²) in [5.41, 5.74) is 0. The monoisotopic (exact) mass is 180 g/mol. The van der Waals surface area contributed by atoms with Gasteiger partial charge in [0.1, 0.15) is 12.6 Å². The van der Waals surface area contributed by atoms with E-state index in [1.807, 2.05) is 0 Å². The van der Waals surface area contributed by atoms with Gasteiger partial charge in [-0.25, -0.2) is 0 Å². The summed E-state index contributed by atoms with van der Waals surface area (Å²) in [6, 6.07) is 0. The van der Waals surface area contributed by atoms with Crippen molar-refractivity contribution in [3.05, 3.63) is 0 Å². The summed E-state index contributed by atoms with van der Waals surface area (Å²) in [4.78, 5) is 21.6. The summed E-state index contributed by atoms with van der Waals surface area (Å²) >= 11 is 0. The van der Waals surface area contributed by atoms with E-state index in [0.29, 0.717) is 11.8 Å². The molecule has 2 aliphatic rings. The maximum atomic E-state index is 10.9. The van der Waals surface area contributed by atoms with Crippen LogP contribution in [0.3, 0.4) is 0 Å². The molecule has 0 N–H and O–H groups in total. The Bertz CT molecular complexity index is 212. The summed E-state index contributed by atoms with van der Waals surface area (Å²) in [7, 11) is 0. The molecule has 0 radical (unpaired) electrons. The number of carbonyl (C=O) groups is 2. The van der Waals surface area contributed by atoms with Gasteiger partial charge in [0.25, 0.3) is 0 Å². The van der Waals surface area contributed by atoms with E-state index >= 15 is 0 Å². The van der Waals surface area contributed by atoms with Crippen molar-refractivity contribution >= 4 is 12.6 Å². The molecule has 2 saturated carbocycles. The van der Waals surface area contributed by atoms with Gasteiger partial charge in [0, 0.05) is 11.8 Å². The lowest BCUT2D eigenvalue weighted by Gasteiger charge is -2.26. The van der Waals surface area contributed by atoms with Gasteiger partial charge in [-0.1, -0.05) is 19.3 Å². The molecule has 0 heterocycles. The number of carbonyl (C=O) groups excluding carboxylic acids is 2. The Hall–Kier alpha value is -0.660. The molecule has 0 amide bonds. The SMILES string of the molecule is O=CC1CC2CCCCC2C1C=O. The minimum absolute atomic E-state index is 0.0330. The predicted octanol–water partition coefficient (Wildman–Crippen LogP) is 1.83. The molecule has 0 aromatic rings. The molecule has 2 fully saturated rings. The van der Waals surface area contributed by atoms with Gasteiger partial charge in [-0.15, -0.1) is 0 Å². The predicted molar refractivity (Wildman–Crippen MR) is 49.2 cm³/mol. The van der Waals surface area contributed by atoms with Crippen LogP contribution in [-0.4, -0.2) is 12.6 Å². The highest BCUT2D eigenvalue weighted by Gasteiger charge is 2.43. The topological polar surface area (TPSA) is 34.1 Å². The minimum Gasteiger partial charge on any atom is -0.303 e. The molecule has 0 aromatic heterocycles. The third-order valence-corrected chi connectivity index (χ3v) is 3.86. The average molecular weight is 180 g/mol. The standard InChI is InChI=1S/C11H16O2/c12-6-9-5-8-3-1-2-4-10(8)11(9)7-13/h6-11H,1-5H2. The molecule has 2 rings (SSSR count). The first kappa shape index (κ1) is 8.92. The van der Waals surface area contributed by atoms with Crippen LogP contribution < -0.4 is 0 Å². The molecule has 4 atom stereocenters. The molecule has 0 aromatic carbocycles. The van der Waals surface area contributed by atoms with Gasteiger partial charge < -0.3 is 9.59 Å². The Morgan fingerprint density at radius 2 is 1.77 bits per heavy atom. The maximum absolute atomic E-state index is 10.9. The number of fused-ring (bicyclic) bond motifs is 1.